The smallest absolute Gasteiger partial charge is 0.335 e. The normalized spacial score (nSPS) is 10.2. The summed E-state index contributed by atoms with van der Waals surface area (Å²) in [4.78, 5) is 10.9. The van der Waals surface area contributed by atoms with Gasteiger partial charge in [0.05, 0.1) is 12.7 Å². The van der Waals surface area contributed by atoms with Crippen molar-refractivity contribution in [1.29, 1.82) is 0 Å². The first kappa shape index (κ1) is 14.8. The van der Waals surface area contributed by atoms with Crippen LogP contribution in [-0.2, 0) is 6.61 Å². The quantitative estimate of drug-likeness (QED) is 0.916. The molecule has 0 heterocycles. The second-order valence-electron chi connectivity index (χ2n) is 4.50. The van der Waals surface area contributed by atoms with Crippen molar-refractivity contribution in [3.05, 3.63) is 58.9 Å². The van der Waals surface area contributed by atoms with Crippen molar-refractivity contribution in [3.63, 3.8) is 0 Å². The van der Waals surface area contributed by atoms with E-state index in [1.807, 2.05) is 0 Å². The molecule has 0 saturated heterocycles. The number of ether oxygens (including phenoxy) is 2. The first-order valence-corrected chi connectivity index (χ1v) is 6.31. The Balaban J connectivity index is 2.14. The monoisotopic (exact) mass is 290 g/mol. The molecule has 0 aliphatic carbocycles. The first-order valence-electron chi connectivity index (χ1n) is 6.31. The maximum absolute atomic E-state index is 13.9. The van der Waals surface area contributed by atoms with Gasteiger partial charge in [-0.2, -0.15) is 0 Å². The first-order chi connectivity index (χ1) is 10.0. The fraction of sp³-hybridized carbons (Fsp3) is 0.188. The minimum absolute atomic E-state index is 0.0366. The third kappa shape index (κ3) is 3.31. The average molecular weight is 290 g/mol. The molecule has 110 valence electrons. The Labute approximate surface area is 121 Å². The Morgan fingerprint density at radius 3 is 2.67 bits per heavy atom. The molecule has 0 radical (unpaired) electrons. The zero-order valence-electron chi connectivity index (χ0n) is 11.7. The van der Waals surface area contributed by atoms with Gasteiger partial charge in [-0.05, 0) is 36.8 Å². The summed E-state index contributed by atoms with van der Waals surface area (Å²) in [6, 6.07) is 9.45. The lowest BCUT2D eigenvalue weighted by molar-refractivity contribution is 0.0696. The van der Waals surface area contributed by atoms with Crippen LogP contribution in [0.4, 0.5) is 4.39 Å². The van der Waals surface area contributed by atoms with Crippen LogP contribution in [0.1, 0.15) is 21.5 Å². The minimum Gasteiger partial charge on any atom is -0.494 e. The molecule has 0 spiro atoms. The summed E-state index contributed by atoms with van der Waals surface area (Å²) in [5.41, 5.74) is 1.18. The van der Waals surface area contributed by atoms with Crippen LogP contribution in [0, 0.1) is 12.7 Å². The number of aryl methyl sites for hydroxylation is 1. The van der Waals surface area contributed by atoms with Crippen molar-refractivity contribution < 1.29 is 23.8 Å². The molecule has 0 atom stereocenters. The molecule has 1 N–H and O–H groups in total. The molecule has 21 heavy (non-hydrogen) atoms. The van der Waals surface area contributed by atoms with Crippen LogP contribution in [0.5, 0.6) is 11.5 Å². The van der Waals surface area contributed by atoms with Crippen molar-refractivity contribution in [2.45, 2.75) is 13.5 Å². The highest BCUT2D eigenvalue weighted by molar-refractivity contribution is 5.89. The van der Waals surface area contributed by atoms with Crippen LogP contribution >= 0.6 is 0 Å². The van der Waals surface area contributed by atoms with E-state index in [0.717, 1.165) is 0 Å². The Kier molecular flexibility index (Phi) is 4.42. The number of aromatic carboxylic acids is 1. The van der Waals surface area contributed by atoms with Gasteiger partial charge >= 0.3 is 5.97 Å². The molecule has 2 aromatic carbocycles. The molecule has 0 amide bonds. The lowest BCUT2D eigenvalue weighted by Gasteiger charge is -2.10. The van der Waals surface area contributed by atoms with Crippen LogP contribution in [0.25, 0.3) is 0 Å². The van der Waals surface area contributed by atoms with E-state index < -0.39 is 11.8 Å². The summed E-state index contributed by atoms with van der Waals surface area (Å²) in [6.07, 6.45) is 0. The SMILES string of the molecule is COc1cccc(COc2ccc(C(=O)O)c(C)c2)c1F. The van der Waals surface area contributed by atoms with Gasteiger partial charge in [0.15, 0.2) is 11.6 Å². The fourth-order valence-corrected chi connectivity index (χ4v) is 1.95. The second kappa shape index (κ2) is 6.26. The van der Waals surface area contributed by atoms with Gasteiger partial charge in [0, 0.05) is 5.56 Å². The number of carboxylic acids is 1. The molecule has 2 aromatic rings. The third-order valence-corrected chi connectivity index (χ3v) is 3.09. The van der Waals surface area contributed by atoms with Crippen molar-refractivity contribution in [2.24, 2.45) is 0 Å². The third-order valence-electron chi connectivity index (χ3n) is 3.09. The number of benzene rings is 2. The Morgan fingerprint density at radius 1 is 1.29 bits per heavy atom. The zero-order chi connectivity index (χ0) is 15.4. The molecule has 0 aromatic heterocycles. The highest BCUT2D eigenvalue weighted by Crippen LogP contribution is 2.23. The summed E-state index contributed by atoms with van der Waals surface area (Å²) in [5.74, 6) is -0.801. The number of methoxy groups -OCH3 is 1. The summed E-state index contributed by atoms with van der Waals surface area (Å²) in [5, 5.41) is 8.95. The zero-order valence-corrected chi connectivity index (χ0v) is 11.7. The second-order valence-corrected chi connectivity index (χ2v) is 4.50. The molecule has 0 saturated carbocycles. The van der Waals surface area contributed by atoms with Crippen molar-refractivity contribution in [2.75, 3.05) is 7.11 Å². The molecule has 0 fully saturated rings. The van der Waals surface area contributed by atoms with E-state index in [1.54, 1.807) is 31.2 Å². The van der Waals surface area contributed by atoms with Crippen LogP contribution < -0.4 is 9.47 Å². The van der Waals surface area contributed by atoms with E-state index in [0.29, 0.717) is 16.9 Å². The molecule has 0 unspecified atom stereocenters. The summed E-state index contributed by atoms with van der Waals surface area (Å²) in [6.45, 7) is 1.72. The molecule has 2 rings (SSSR count). The van der Waals surface area contributed by atoms with Gasteiger partial charge in [-0.25, -0.2) is 9.18 Å². The molecular weight excluding hydrogens is 275 g/mol. The highest BCUT2D eigenvalue weighted by Gasteiger charge is 2.10. The predicted octanol–water partition coefficient (Wildman–Crippen LogP) is 3.42. The Hall–Kier alpha value is -2.56. The van der Waals surface area contributed by atoms with Crippen LogP contribution in [0.2, 0.25) is 0 Å². The van der Waals surface area contributed by atoms with Crippen LogP contribution in [0.3, 0.4) is 0 Å². The largest absolute Gasteiger partial charge is 0.494 e. The molecule has 5 heteroatoms. The van der Waals surface area contributed by atoms with Gasteiger partial charge in [0.25, 0.3) is 0 Å². The number of carboxylic acid groups (broad SMARTS) is 1. The van der Waals surface area contributed by atoms with E-state index in [4.69, 9.17) is 14.6 Å². The topological polar surface area (TPSA) is 55.8 Å². The lowest BCUT2D eigenvalue weighted by atomic mass is 10.1. The highest BCUT2D eigenvalue weighted by atomic mass is 19.1. The lowest BCUT2D eigenvalue weighted by Crippen LogP contribution is -2.02. The summed E-state index contributed by atoms with van der Waals surface area (Å²) >= 11 is 0. The molecule has 0 bridgehead atoms. The Morgan fingerprint density at radius 2 is 2.05 bits per heavy atom. The Bertz CT molecular complexity index is 667. The minimum atomic E-state index is -0.988. The van der Waals surface area contributed by atoms with Gasteiger partial charge in [-0.15, -0.1) is 0 Å². The van der Waals surface area contributed by atoms with E-state index in [9.17, 15) is 9.18 Å². The van der Waals surface area contributed by atoms with Gasteiger partial charge in [0.1, 0.15) is 12.4 Å². The van der Waals surface area contributed by atoms with E-state index in [1.165, 1.54) is 19.2 Å². The maximum atomic E-state index is 13.9. The number of halogens is 1. The predicted molar refractivity (Wildman–Crippen MR) is 75.4 cm³/mol. The van der Waals surface area contributed by atoms with Gasteiger partial charge < -0.3 is 14.6 Å². The van der Waals surface area contributed by atoms with E-state index >= 15 is 0 Å². The molecular formula is C16H15FO4. The van der Waals surface area contributed by atoms with Crippen molar-refractivity contribution in [3.8, 4) is 11.5 Å². The number of carbonyl (C=O) groups is 1. The standard InChI is InChI=1S/C16H15FO4/c1-10-8-12(6-7-13(10)16(18)19)21-9-11-4-3-5-14(20-2)15(11)17/h3-8H,9H2,1-2H3,(H,18,19). The molecule has 0 aliphatic heterocycles. The number of hydrogen-bond donors (Lipinski definition) is 1. The van der Waals surface area contributed by atoms with E-state index in [-0.39, 0.29) is 17.9 Å². The van der Waals surface area contributed by atoms with Gasteiger partial charge in [-0.1, -0.05) is 12.1 Å². The van der Waals surface area contributed by atoms with Crippen LogP contribution in [0.15, 0.2) is 36.4 Å². The number of rotatable bonds is 5. The summed E-state index contributed by atoms with van der Waals surface area (Å²) < 4.78 is 24.3. The van der Waals surface area contributed by atoms with Gasteiger partial charge in [0.2, 0.25) is 0 Å². The molecule has 4 nitrogen and oxygen atoms in total. The summed E-state index contributed by atoms with van der Waals surface area (Å²) in [7, 11) is 1.40. The maximum Gasteiger partial charge on any atom is 0.335 e. The van der Waals surface area contributed by atoms with Crippen molar-refractivity contribution in [1.82, 2.24) is 0 Å². The fourth-order valence-electron chi connectivity index (χ4n) is 1.95. The van der Waals surface area contributed by atoms with Gasteiger partial charge in [-0.3, -0.25) is 0 Å². The molecule has 0 aliphatic rings. The average Bonchev–Trinajstić information content (AvgIpc) is 2.46. The van der Waals surface area contributed by atoms with Crippen molar-refractivity contribution >= 4 is 5.97 Å². The van der Waals surface area contributed by atoms with Crippen LogP contribution in [-0.4, -0.2) is 18.2 Å². The number of hydrogen-bond acceptors (Lipinski definition) is 3. The van der Waals surface area contributed by atoms with E-state index in [2.05, 4.69) is 0 Å².